The van der Waals surface area contributed by atoms with Gasteiger partial charge in [0.2, 0.25) is 5.91 Å². The van der Waals surface area contributed by atoms with E-state index in [4.69, 9.17) is 0 Å². The molecule has 2 aromatic carbocycles. The van der Waals surface area contributed by atoms with Crippen LogP contribution in [-0.2, 0) is 24.3 Å². The average molecular weight is 467 g/mol. The second-order valence-corrected chi connectivity index (χ2v) is 8.35. The molecule has 4 aromatic rings. The Balaban J connectivity index is 1.36. The first kappa shape index (κ1) is 19.5. The lowest BCUT2D eigenvalue weighted by Crippen LogP contribution is -2.25. The maximum Gasteiger partial charge on any atom is 0.226 e. The summed E-state index contributed by atoms with van der Waals surface area (Å²) in [5, 5.41) is 10.1. The second kappa shape index (κ2) is 9.15. The molecule has 1 N–H and O–H groups in total. The summed E-state index contributed by atoms with van der Waals surface area (Å²) in [4.78, 5) is 17.1. The summed E-state index contributed by atoms with van der Waals surface area (Å²) in [5.41, 5.74) is 4.06. The van der Waals surface area contributed by atoms with E-state index in [-0.39, 0.29) is 12.3 Å². The highest BCUT2D eigenvalue weighted by Crippen LogP contribution is 2.26. The number of thiazole rings is 1. The number of nitrogens with zero attached hydrogens (tertiary/aromatic N) is 3. The highest BCUT2D eigenvalue weighted by atomic mass is 79.9. The molecule has 0 bridgehead atoms. The molecule has 0 radical (unpaired) electrons. The van der Waals surface area contributed by atoms with Gasteiger partial charge in [-0.3, -0.25) is 9.48 Å². The molecule has 7 heteroatoms. The van der Waals surface area contributed by atoms with Gasteiger partial charge in [0.15, 0.2) is 0 Å². The van der Waals surface area contributed by atoms with Crippen LogP contribution in [0.3, 0.4) is 0 Å². The summed E-state index contributed by atoms with van der Waals surface area (Å²) in [6.07, 6.45) is 3.97. The van der Waals surface area contributed by atoms with E-state index in [9.17, 15) is 4.79 Å². The highest BCUT2D eigenvalue weighted by Gasteiger charge is 2.10. The second-order valence-electron chi connectivity index (χ2n) is 6.58. The van der Waals surface area contributed by atoms with Gasteiger partial charge in [0.25, 0.3) is 0 Å². The Morgan fingerprint density at radius 1 is 1.10 bits per heavy atom. The average Bonchev–Trinajstić information content (AvgIpc) is 3.39. The van der Waals surface area contributed by atoms with Crippen molar-refractivity contribution < 1.29 is 4.79 Å². The van der Waals surface area contributed by atoms with E-state index in [0.717, 1.165) is 31.9 Å². The zero-order valence-corrected chi connectivity index (χ0v) is 18.0. The molecule has 0 saturated carbocycles. The number of rotatable bonds is 7. The third kappa shape index (κ3) is 5.19. The SMILES string of the molecule is O=C(Cc1csc(-c2cccc(Br)c2)n1)NCc1ccccc1Cn1cccn1. The smallest absolute Gasteiger partial charge is 0.226 e. The lowest BCUT2D eigenvalue weighted by molar-refractivity contribution is -0.120. The predicted octanol–water partition coefficient (Wildman–Crippen LogP) is 4.68. The molecule has 1 amide bonds. The predicted molar refractivity (Wildman–Crippen MR) is 119 cm³/mol. The van der Waals surface area contributed by atoms with E-state index in [1.54, 1.807) is 17.5 Å². The Hall–Kier alpha value is -2.77. The minimum Gasteiger partial charge on any atom is -0.352 e. The fourth-order valence-corrected chi connectivity index (χ4v) is 4.23. The van der Waals surface area contributed by atoms with Gasteiger partial charge in [-0.15, -0.1) is 11.3 Å². The maximum absolute atomic E-state index is 12.4. The number of halogens is 1. The zero-order chi connectivity index (χ0) is 20.1. The van der Waals surface area contributed by atoms with Crippen molar-refractivity contribution in [3.05, 3.63) is 93.7 Å². The molecular formula is C22H19BrN4OS. The van der Waals surface area contributed by atoms with Gasteiger partial charge < -0.3 is 5.32 Å². The molecular weight excluding hydrogens is 448 g/mol. The number of nitrogens with one attached hydrogen (secondary N) is 1. The Kier molecular flexibility index (Phi) is 6.17. The van der Waals surface area contributed by atoms with Crippen LogP contribution in [0.2, 0.25) is 0 Å². The fourth-order valence-electron chi connectivity index (χ4n) is 3.02. The van der Waals surface area contributed by atoms with Crippen LogP contribution in [0.15, 0.2) is 76.8 Å². The van der Waals surface area contributed by atoms with Crippen LogP contribution in [0.1, 0.15) is 16.8 Å². The van der Waals surface area contributed by atoms with Crippen LogP contribution in [-0.4, -0.2) is 20.7 Å². The molecule has 2 heterocycles. The Bertz CT molecular complexity index is 1110. The Morgan fingerprint density at radius 2 is 1.97 bits per heavy atom. The summed E-state index contributed by atoms with van der Waals surface area (Å²) >= 11 is 5.03. The van der Waals surface area contributed by atoms with Crippen LogP contribution in [0.4, 0.5) is 0 Å². The van der Waals surface area contributed by atoms with Gasteiger partial charge in [-0.1, -0.05) is 52.3 Å². The Labute approximate surface area is 181 Å². The largest absolute Gasteiger partial charge is 0.352 e. The molecule has 0 aliphatic carbocycles. The molecule has 0 atom stereocenters. The minimum atomic E-state index is -0.0371. The summed E-state index contributed by atoms with van der Waals surface area (Å²) < 4.78 is 2.89. The number of hydrogen-bond acceptors (Lipinski definition) is 4. The van der Waals surface area contributed by atoms with E-state index in [1.807, 2.05) is 64.8 Å². The van der Waals surface area contributed by atoms with Gasteiger partial charge in [0.05, 0.1) is 18.7 Å². The summed E-state index contributed by atoms with van der Waals surface area (Å²) in [5.74, 6) is -0.0371. The standard InChI is InChI=1S/C22H19BrN4OS/c23-19-8-3-7-16(11-19)22-26-20(15-29-22)12-21(28)24-13-17-5-1-2-6-18(17)14-27-10-4-9-25-27/h1-11,15H,12-14H2,(H,24,28). The lowest BCUT2D eigenvalue weighted by Gasteiger charge is -2.10. The van der Waals surface area contributed by atoms with Crippen LogP contribution in [0.25, 0.3) is 10.6 Å². The molecule has 146 valence electrons. The van der Waals surface area contributed by atoms with Crippen molar-refractivity contribution in [3.8, 4) is 10.6 Å². The highest BCUT2D eigenvalue weighted by molar-refractivity contribution is 9.10. The molecule has 2 aromatic heterocycles. The van der Waals surface area contributed by atoms with E-state index < -0.39 is 0 Å². The number of aromatic nitrogens is 3. The molecule has 0 saturated heterocycles. The molecule has 0 fully saturated rings. The van der Waals surface area contributed by atoms with E-state index in [0.29, 0.717) is 13.1 Å². The third-order valence-corrected chi connectivity index (χ3v) is 5.88. The van der Waals surface area contributed by atoms with Crippen molar-refractivity contribution in [2.45, 2.75) is 19.5 Å². The van der Waals surface area contributed by atoms with Crippen molar-refractivity contribution in [1.29, 1.82) is 0 Å². The first-order chi connectivity index (χ1) is 14.2. The van der Waals surface area contributed by atoms with Gasteiger partial charge in [0.1, 0.15) is 5.01 Å². The molecule has 0 spiro atoms. The Morgan fingerprint density at radius 3 is 2.76 bits per heavy atom. The van der Waals surface area contributed by atoms with Crippen molar-refractivity contribution in [1.82, 2.24) is 20.1 Å². The fraction of sp³-hybridized carbons (Fsp3) is 0.136. The van der Waals surface area contributed by atoms with Gasteiger partial charge in [0, 0.05) is 34.4 Å². The number of benzene rings is 2. The van der Waals surface area contributed by atoms with Gasteiger partial charge in [-0.05, 0) is 29.3 Å². The van der Waals surface area contributed by atoms with Crippen molar-refractivity contribution in [2.24, 2.45) is 0 Å². The van der Waals surface area contributed by atoms with E-state index in [1.165, 1.54) is 0 Å². The van der Waals surface area contributed by atoms with Crippen LogP contribution in [0.5, 0.6) is 0 Å². The van der Waals surface area contributed by atoms with Gasteiger partial charge in [-0.2, -0.15) is 5.10 Å². The first-order valence-electron chi connectivity index (χ1n) is 9.18. The topological polar surface area (TPSA) is 59.8 Å². The van der Waals surface area contributed by atoms with Crippen LogP contribution < -0.4 is 5.32 Å². The summed E-state index contributed by atoms with van der Waals surface area (Å²) in [6.45, 7) is 1.17. The van der Waals surface area contributed by atoms with Crippen LogP contribution >= 0.6 is 27.3 Å². The van der Waals surface area contributed by atoms with E-state index >= 15 is 0 Å². The quantitative estimate of drug-likeness (QED) is 0.430. The number of hydrogen-bond donors (Lipinski definition) is 1. The van der Waals surface area contributed by atoms with Gasteiger partial charge >= 0.3 is 0 Å². The molecule has 0 aliphatic rings. The molecule has 29 heavy (non-hydrogen) atoms. The molecule has 5 nitrogen and oxygen atoms in total. The molecule has 0 aliphatic heterocycles. The molecule has 0 unspecified atom stereocenters. The minimum absolute atomic E-state index is 0.0371. The van der Waals surface area contributed by atoms with Crippen molar-refractivity contribution in [2.75, 3.05) is 0 Å². The number of amides is 1. The first-order valence-corrected chi connectivity index (χ1v) is 10.9. The van der Waals surface area contributed by atoms with Crippen molar-refractivity contribution >= 4 is 33.2 Å². The van der Waals surface area contributed by atoms with Crippen LogP contribution in [0, 0.1) is 0 Å². The maximum atomic E-state index is 12.4. The number of carbonyl (C=O) groups is 1. The number of carbonyl (C=O) groups excluding carboxylic acids is 1. The molecule has 4 rings (SSSR count). The summed E-state index contributed by atoms with van der Waals surface area (Å²) in [7, 11) is 0. The van der Waals surface area contributed by atoms with E-state index in [2.05, 4.69) is 37.4 Å². The normalized spacial score (nSPS) is 10.8. The third-order valence-electron chi connectivity index (χ3n) is 4.45. The summed E-state index contributed by atoms with van der Waals surface area (Å²) in [6, 6.07) is 18.0. The monoisotopic (exact) mass is 466 g/mol. The van der Waals surface area contributed by atoms with Gasteiger partial charge in [-0.25, -0.2) is 4.98 Å². The van der Waals surface area contributed by atoms with Crippen molar-refractivity contribution in [3.63, 3.8) is 0 Å². The lowest BCUT2D eigenvalue weighted by atomic mass is 10.1. The zero-order valence-electron chi connectivity index (χ0n) is 15.6.